The number of amides is 1. The van der Waals surface area contributed by atoms with Gasteiger partial charge in [0.25, 0.3) is 5.91 Å². The maximum absolute atomic E-state index is 12.9. The number of aromatic nitrogens is 4. The third-order valence-corrected chi connectivity index (χ3v) is 4.33. The second-order valence-corrected chi connectivity index (χ2v) is 6.76. The molecule has 1 amide bonds. The molecule has 7 heteroatoms. The summed E-state index contributed by atoms with van der Waals surface area (Å²) in [4.78, 5) is 26.0. The summed E-state index contributed by atoms with van der Waals surface area (Å²) >= 11 is 0. The Bertz CT molecular complexity index is 726. The van der Waals surface area contributed by atoms with Crippen LogP contribution < -0.4 is 0 Å². The van der Waals surface area contributed by atoms with Gasteiger partial charge in [-0.3, -0.25) is 9.48 Å². The quantitative estimate of drug-likeness (QED) is 0.804. The van der Waals surface area contributed by atoms with Gasteiger partial charge in [0.2, 0.25) is 0 Å². The first-order chi connectivity index (χ1) is 12.1. The number of nitrogens with zero attached hydrogens (tertiary/aromatic N) is 6. The number of aryl methyl sites for hydroxylation is 1. The van der Waals surface area contributed by atoms with Crippen molar-refractivity contribution < 1.29 is 4.79 Å². The fraction of sp³-hybridized carbons (Fsp3) is 0.556. The molecule has 0 aliphatic carbocycles. The lowest BCUT2D eigenvalue weighted by Gasteiger charge is -2.23. The zero-order chi connectivity index (χ0) is 17.8. The van der Waals surface area contributed by atoms with E-state index in [4.69, 9.17) is 0 Å². The van der Waals surface area contributed by atoms with Crippen LogP contribution in [-0.4, -0.2) is 56.1 Å². The zero-order valence-electron chi connectivity index (χ0n) is 15.2. The number of carbonyl (C=O) groups excluding carboxylic acids is 1. The van der Waals surface area contributed by atoms with E-state index in [2.05, 4.69) is 26.9 Å². The molecule has 134 valence electrons. The van der Waals surface area contributed by atoms with Gasteiger partial charge >= 0.3 is 0 Å². The van der Waals surface area contributed by atoms with Gasteiger partial charge in [-0.1, -0.05) is 6.92 Å². The molecule has 2 aromatic heterocycles. The van der Waals surface area contributed by atoms with E-state index >= 15 is 0 Å². The minimum absolute atomic E-state index is 0.0287. The molecule has 0 saturated carbocycles. The fourth-order valence-corrected chi connectivity index (χ4v) is 3.24. The first-order valence-corrected chi connectivity index (χ1v) is 8.89. The van der Waals surface area contributed by atoms with Gasteiger partial charge < -0.3 is 9.80 Å². The predicted octanol–water partition coefficient (Wildman–Crippen LogP) is 2.12. The lowest BCUT2D eigenvalue weighted by atomic mass is 10.2. The van der Waals surface area contributed by atoms with Crippen molar-refractivity contribution in [3.63, 3.8) is 0 Å². The second-order valence-electron chi connectivity index (χ2n) is 6.76. The monoisotopic (exact) mass is 342 g/mol. The van der Waals surface area contributed by atoms with E-state index in [1.54, 1.807) is 12.3 Å². The van der Waals surface area contributed by atoms with Crippen LogP contribution in [0.15, 0.2) is 24.5 Å². The van der Waals surface area contributed by atoms with E-state index in [0.29, 0.717) is 5.69 Å². The molecule has 1 saturated heterocycles. The minimum atomic E-state index is -0.0639. The number of carbonyl (C=O) groups is 1. The van der Waals surface area contributed by atoms with Crippen LogP contribution in [0, 0.1) is 0 Å². The SMILES string of the molecule is CCCn1ccc(C(=O)N2CCC[C@H]2c2nccc(CN(C)C)n2)n1. The number of likely N-dealkylation sites (tertiary alicyclic amines) is 1. The molecule has 1 fully saturated rings. The van der Waals surface area contributed by atoms with Crippen molar-refractivity contribution in [3.05, 3.63) is 41.7 Å². The van der Waals surface area contributed by atoms with Gasteiger partial charge in [0.05, 0.1) is 11.7 Å². The first kappa shape index (κ1) is 17.5. The average Bonchev–Trinajstić information content (AvgIpc) is 3.23. The van der Waals surface area contributed by atoms with Crippen molar-refractivity contribution in [1.29, 1.82) is 0 Å². The Hall–Kier alpha value is -2.28. The molecule has 0 N–H and O–H groups in total. The smallest absolute Gasteiger partial charge is 0.274 e. The van der Waals surface area contributed by atoms with Crippen LogP contribution in [-0.2, 0) is 13.1 Å². The van der Waals surface area contributed by atoms with Gasteiger partial charge in [0.15, 0.2) is 5.82 Å². The van der Waals surface area contributed by atoms with Gasteiger partial charge in [-0.05, 0) is 45.5 Å². The van der Waals surface area contributed by atoms with Crippen molar-refractivity contribution in [2.45, 2.75) is 45.3 Å². The third-order valence-electron chi connectivity index (χ3n) is 4.33. The van der Waals surface area contributed by atoms with Crippen molar-refractivity contribution in [1.82, 2.24) is 29.5 Å². The maximum Gasteiger partial charge on any atom is 0.274 e. The summed E-state index contributed by atoms with van der Waals surface area (Å²) in [6.45, 7) is 4.41. The van der Waals surface area contributed by atoms with Crippen LogP contribution in [0.1, 0.15) is 54.2 Å². The lowest BCUT2D eigenvalue weighted by molar-refractivity contribution is 0.0722. The highest BCUT2D eigenvalue weighted by atomic mass is 16.2. The summed E-state index contributed by atoms with van der Waals surface area (Å²) in [5, 5.41) is 4.41. The summed E-state index contributed by atoms with van der Waals surface area (Å²) in [5.74, 6) is 0.706. The highest BCUT2D eigenvalue weighted by Crippen LogP contribution is 2.31. The first-order valence-electron chi connectivity index (χ1n) is 8.89. The Labute approximate surface area is 148 Å². The molecule has 2 aromatic rings. The average molecular weight is 342 g/mol. The van der Waals surface area contributed by atoms with Gasteiger partial charge in [0, 0.05) is 32.0 Å². The summed E-state index contributed by atoms with van der Waals surface area (Å²) in [6.07, 6.45) is 6.52. The van der Waals surface area contributed by atoms with Crippen LogP contribution in [0.3, 0.4) is 0 Å². The van der Waals surface area contributed by atoms with E-state index < -0.39 is 0 Å². The minimum Gasteiger partial charge on any atom is -0.327 e. The van der Waals surface area contributed by atoms with Gasteiger partial charge in [0.1, 0.15) is 5.69 Å². The standard InChI is InChI=1S/C18H26N6O/c1-4-10-23-12-8-15(21-23)18(25)24-11-5-6-16(24)17-19-9-7-14(20-17)13-22(2)3/h7-9,12,16H,4-6,10-11,13H2,1-3H3/t16-/m0/s1. The van der Waals surface area contributed by atoms with Crippen molar-refractivity contribution >= 4 is 5.91 Å². The number of hydrogen-bond acceptors (Lipinski definition) is 5. The molecule has 3 heterocycles. The summed E-state index contributed by atoms with van der Waals surface area (Å²) in [7, 11) is 4.03. The molecule has 25 heavy (non-hydrogen) atoms. The van der Waals surface area contributed by atoms with E-state index in [0.717, 1.165) is 50.4 Å². The van der Waals surface area contributed by atoms with Crippen molar-refractivity contribution in [2.75, 3.05) is 20.6 Å². The molecule has 0 bridgehead atoms. The molecule has 3 rings (SSSR count). The van der Waals surface area contributed by atoms with E-state index in [-0.39, 0.29) is 11.9 Å². The molecular weight excluding hydrogens is 316 g/mol. The van der Waals surface area contributed by atoms with Crippen LogP contribution in [0.2, 0.25) is 0 Å². The van der Waals surface area contributed by atoms with Gasteiger partial charge in [-0.2, -0.15) is 5.10 Å². The molecule has 0 unspecified atom stereocenters. The lowest BCUT2D eigenvalue weighted by Crippen LogP contribution is -2.32. The zero-order valence-corrected chi connectivity index (χ0v) is 15.2. The summed E-state index contributed by atoms with van der Waals surface area (Å²) < 4.78 is 1.83. The molecule has 1 aliphatic rings. The van der Waals surface area contributed by atoms with E-state index in [1.807, 2.05) is 35.9 Å². The highest BCUT2D eigenvalue weighted by molar-refractivity contribution is 5.92. The summed E-state index contributed by atoms with van der Waals surface area (Å²) in [6, 6.07) is 3.67. The van der Waals surface area contributed by atoms with Crippen molar-refractivity contribution in [3.8, 4) is 0 Å². The number of hydrogen-bond donors (Lipinski definition) is 0. The molecular formula is C18H26N6O. The van der Waals surface area contributed by atoms with Gasteiger partial charge in [-0.15, -0.1) is 0 Å². The maximum atomic E-state index is 12.9. The summed E-state index contributed by atoms with van der Waals surface area (Å²) in [5.41, 5.74) is 1.48. The molecule has 0 radical (unpaired) electrons. The number of rotatable bonds is 6. The van der Waals surface area contributed by atoms with Crippen molar-refractivity contribution in [2.24, 2.45) is 0 Å². The Morgan fingerprint density at radius 1 is 1.36 bits per heavy atom. The van der Waals surface area contributed by atoms with E-state index in [9.17, 15) is 4.79 Å². The molecule has 0 aromatic carbocycles. The highest BCUT2D eigenvalue weighted by Gasteiger charge is 2.33. The second kappa shape index (κ2) is 7.74. The molecule has 1 aliphatic heterocycles. The molecule has 0 spiro atoms. The van der Waals surface area contributed by atoms with E-state index in [1.165, 1.54) is 0 Å². The largest absolute Gasteiger partial charge is 0.327 e. The fourth-order valence-electron chi connectivity index (χ4n) is 3.24. The Morgan fingerprint density at radius 3 is 2.96 bits per heavy atom. The Morgan fingerprint density at radius 2 is 2.20 bits per heavy atom. The topological polar surface area (TPSA) is 67.2 Å². The Balaban J connectivity index is 1.78. The normalized spacial score (nSPS) is 17.4. The molecule has 7 nitrogen and oxygen atoms in total. The van der Waals surface area contributed by atoms with Crippen LogP contribution in [0.5, 0.6) is 0 Å². The molecule has 1 atom stereocenters. The van der Waals surface area contributed by atoms with Crippen LogP contribution in [0.4, 0.5) is 0 Å². The van der Waals surface area contributed by atoms with Gasteiger partial charge in [-0.25, -0.2) is 9.97 Å². The Kier molecular flexibility index (Phi) is 5.43. The predicted molar refractivity (Wildman–Crippen MR) is 95.0 cm³/mol. The van der Waals surface area contributed by atoms with Crippen LogP contribution in [0.25, 0.3) is 0 Å². The third kappa shape index (κ3) is 4.04. The van der Waals surface area contributed by atoms with Crippen LogP contribution >= 0.6 is 0 Å².